The molecule has 2 aliphatic carbocycles. The maximum atomic E-state index is 11.4. The highest BCUT2D eigenvalue weighted by Gasteiger charge is 2.43. The highest BCUT2D eigenvalue weighted by atomic mass is 16.5. The van der Waals surface area contributed by atoms with Crippen molar-refractivity contribution in [3.63, 3.8) is 0 Å². The molecule has 3 aliphatic rings. The van der Waals surface area contributed by atoms with Crippen molar-refractivity contribution in [2.75, 3.05) is 6.61 Å². The summed E-state index contributed by atoms with van der Waals surface area (Å²) in [5.74, 6) is -0.612. The summed E-state index contributed by atoms with van der Waals surface area (Å²) in [5, 5.41) is 17.5. The molecular formula is C15H21N3O3. The van der Waals surface area contributed by atoms with Crippen LogP contribution in [0, 0.1) is 0 Å². The number of nitrogens with zero attached hydrogens (tertiary/aromatic N) is 3. The van der Waals surface area contributed by atoms with E-state index >= 15 is 0 Å². The largest absolute Gasteiger partial charge is 0.476 e. The molecule has 1 atom stereocenters. The fourth-order valence-corrected chi connectivity index (χ4v) is 4.04. The molecule has 6 heteroatoms. The average molecular weight is 291 g/mol. The first kappa shape index (κ1) is 13.2. The van der Waals surface area contributed by atoms with E-state index in [2.05, 4.69) is 10.3 Å². The molecule has 1 saturated heterocycles. The van der Waals surface area contributed by atoms with Crippen LogP contribution in [0.25, 0.3) is 0 Å². The molecule has 21 heavy (non-hydrogen) atoms. The Kier molecular flexibility index (Phi) is 3.03. The van der Waals surface area contributed by atoms with Gasteiger partial charge in [0.25, 0.3) is 0 Å². The Bertz CT molecular complexity index is 559. The smallest absolute Gasteiger partial charge is 0.358 e. The van der Waals surface area contributed by atoms with E-state index in [1.165, 1.54) is 12.8 Å². The van der Waals surface area contributed by atoms with Gasteiger partial charge in [-0.3, -0.25) is 0 Å². The van der Waals surface area contributed by atoms with E-state index in [-0.39, 0.29) is 17.3 Å². The summed E-state index contributed by atoms with van der Waals surface area (Å²) in [6.07, 6.45) is 8.70. The van der Waals surface area contributed by atoms with Gasteiger partial charge in [-0.2, -0.15) is 0 Å². The number of aromatic nitrogens is 3. The summed E-state index contributed by atoms with van der Waals surface area (Å²) in [6, 6.07) is 0.244. The van der Waals surface area contributed by atoms with Crippen LogP contribution in [0.3, 0.4) is 0 Å². The lowest BCUT2D eigenvalue weighted by atomic mass is 9.89. The number of carboxylic acid groups (broad SMARTS) is 1. The van der Waals surface area contributed by atoms with E-state index in [0.29, 0.717) is 5.92 Å². The highest BCUT2D eigenvalue weighted by Crippen LogP contribution is 2.46. The summed E-state index contributed by atoms with van der Waals surface area (Å²) < 4.78 is 7.99. The molecule has 1 aliphatic heterocycles. The van der Waals surface area contributed by atoms with Gasteiger partial charge >= 0.3 is 5.97 Å². The van der Waals surface area contributed by atoms with Crippen LogP contribution in [0.2, 0.25) is 0 Å². The fraction of sp³-hybridized carbons (Fsp3) is 0.800. The minimum atomic E-state index is -0.953. The molecular weight excluding hydrogens is 270 g/mol. The first-order valence-electron chi connectivity index (χ1n) is 8.01. The second-order valence-electron chi connectivity index (χ2n) is 6.73. The predicted octanol–water partition coefficient (Wildman–Crippen LogP) is 2.52. The topological polar surface area (TPSA) is 77.2 Å². The Morgan fingerprint density at radius 1 is 1.29 bits per heavy atom. The average Bonchev–Trinajstić information content (AvgIpc) is 3.05. The number of hydrogen-bond acceptors (Lipinski definition) is 4. The first-order valence-corrected chi connectivity index (χ1v) is 8.01. The second kappa shape index (κ2) is 4.80. The van der Waals surface area contributed by atoms with Gasteiger partial charge in [0.05, 0.1) is 17.3 Å². The third-order valence-corrected chi connectivity index (χ3v) is 5.22. The zero-order valence-corrected chi connectivity index (χ0v) is 12.1. The Morgan fingerprint density at radius 3 is 2.71 bits per heavy atom. The van der Waals surface area contributed by atoms with E-state index in [1.807, 2.05) is 4.68 Å². The maximum absolute atomic E-state index is 11.4. The SMILES string of the molecule is O=C(O)c1nnn(C2CCOC3(CCCC3)C2)c1C1CC1. The van der Waals surface area contributed by atoms with Crippen LogP contribution in [-0.2, 0) is 4.74 Å². The molecule has 1 aromatic heterocycles. The number of carboxylic acids is 1. The van der Waals surface area contributed by atoms with Crippen LogP contribution in [0.5, 0.6) is 0 Å². The molecule has 0 aromatic carbocycles. The molecule has 4 rings (SSSR count). The summed E-state index contributed by atoms with van der Waals surface area (Å²) in [5.41, 5.74) is 1.02. The lowest BCUT2D eigenvalue weighted by Gasteiger charge is -2.38. The Morgan fingerprint density at radius 2 is 2.05 bits per heavy atom. The zero-order valence-electron chi connectivity index (χ0n) is 12.1. The predicted molar refractivity (Wildman–Crippen MR) is 74.4 cm³/mol. The fourth-order valence-electron chi connectivity index (χ4n) is 4.04. The van der Waals surface area contributed by atoms with E-state index in [9.17, 15) is 9.90 Å². The van der Waals surface area contributed by atoms with Gasteiger partial charge in [-0.05, 0) is 38.5 Å². The normalized spacial score (nSPS) is 28.1. The van der Waals surface area contributed by atoms with E-state index < -0.39 is 5.97 Å². The van der Waals surface area contributed by atoms with E-state index in [1.54, 1.807) is 0 Å². The third-order valence-electron chi connectivity index (χ3n) is 5.22. The molecule has 1 N–H and O–H groups in total. The Labute approximate surface area is 123 Å². The Balaban J connectivity index is 1.65. The molecule has 1 aromatic rings. The van der Waals surface area contributed by atoms with Crippen molar-refractivity contribution in [1.82, 2.24) is 15.0 Å². The lowest BCUT2D eigenvalue weighted by Crippen LogP contribution is -2.38. The molecule has 114 valence electrons. The number of aromatic carboxylic acids is 1. The van der Waals surface area contributed by atoms with Crippen LogP contribution in [0.4, 0.5) is 0 Å². The van der Waals surface area contributed by atoms with Crippen molar-refractivity contribution < 1.29 is 14.6 Å². The molecule has 0 radical (unpaired) electrons. The molecule has 0 bridgehead atoms. The van der Waals surface area contributed by atoms with Gasteiger partial charge in [-0.1, -0.05) is 18.1 Å². The van der Waals surface area contributed by atoms with Crippen molar-refractivity contribution in [3.8, 4) is 0 Å². The number of carbonyl (C=O) groups is 1. The summed E-state index contributed by atoms with van der Waals surface area (Å²) in [4.78, 5) is 11.4. The molecule has 2 saturated carbocycles. The van der Waals surface area contributed by atoms with E-state index in [0.717, 1.165) is 50.8 Å². The molecule has 1 spiro atoms. The monoisotopic (exact) mass is 291 g/mol. The highest BCUT2D eigenvalue weighted by molar-refractivity contribution is 5.86. The summed E-state index contributed by atoms with van der Waals surface area (Å²) in [6.45, 7) is 0.747. The van der Waals surface area contributed by atoms with Crippen molar-refractivity contribution in [2.45, 2.75) is 68.9 Å². The van der Waals surface area contributed by atoms with Gasteiger partial charge in [0.2, 0.25) is 0 Å². The second-order valence-corrected chi connectivity index (χ2v) is 6.73. The van der Waals surface area contributed by atoms with E-state index in [4.69, 9.17) is 4.74 Å². The van der Waals surface area contributed by atoms with Gasteiger partial charge in [0.1, 0.15) is 0 Å². The van der Waals surface area contributed by atoms with Gasteiger partial charge in [-0.25, -0.2) is 9.48 Å². The minimum Gasteiger partial charge on any atom is -0.476 e. The summed E-state index contributed by atoms with van der Waals surface area (Å²) in [7, 11) is 0. The van der Waals surface area contributed by atoms with Crippen molar-refractivity contribution in [2.24, 2.45) is 0 Å². The Hall–Kier alpha value is -1.43. The van der Waals surface area contributed by atoms with Crippen molar-refractivity contribution in [1.29, 1.82) is 0 Å². The molecule has 1 unspecified atom stereocenters. The number of rotatable bonds is 3. The zero-order chi connectivity index (χ0) is 14.4. The van der Waals surface area contributed by atoms with Gasteiger partial charge in [-0.15, -0.1) is 5.10 Å². The maximum Gasteiger partial charge on any atom is 0.358 e. The van der Waals surface area contributed by atoms with Crippen LogP contribution < -0.4 is 0 Å². The number of hydrogen-bond donors (Lipinski definition) is 1. The van der Waals surface area contributed by atoms with Crippen LogP contribution in [0.1, 0.15) is 79.5 Å². The molecule has 6 nitrogen and oxygen atoms in total. The first-order chi connectivity index (χ1) is 10.2. The van der Waals surface area contributed by atoms with Crippen LogP contribution >= 0.6 is 0 Å². The quantitative estimate of drug-likeness (QED) is 0.926. The van der Waals surface area contributed by atoms with Gasteiger partial charge in [0.15, 0.2) is 5.69 Å². The molecule has 0 amide bonds. The number of ether oxygens (including phenoxy) is 1. The van der Waals surface area contributed by atoms with Crippen LogP contribution in [-0.4, -0.2) is 38.3 Å². The third kappa shape index (κ3) is 2.25. The van der Waals surface area contributed by atoms with Crippen LogP contribution in [0.15, 0.2) is 0 Å². The minimum absolute atomic E-state index is 0.0130. The molecule has 3 fully saturated rings. The van der Waals surface area contributed by atoms with Gasteiger partial charge in [0, 0.05) is 12.5 Å². The van der Waals surface area contributed by atoms with Gasteiger partial charge < -0.3 is 9.84 Å². The lowest BCUT2D eigenvalue weighted by molar-refractivity contribution is -0.0915. The molecule has 2 heterocycles. The van der Waals surface area contributed by atoms with Crippen molar-refractivity contribution in [3.05, 3.63) is 11.4 Å². The van der Waals surface area contributed by atoms with Crippen molar-refractivity contribution >= 4 is 5.97 Å². The standard InChI is InChI=1S/C15H21N3O3/c19-14(20)12-13(10-3-4-10)18(17-16-12)11-5-8-21-15(9-11)6-1-2-7-15/h10-11H,1-9H2,(H,19,20). The summed E-state index contributed by atoms with van der Waals surface area (Å²) >= 11 is 0.